The largest absolute Gasteiger partial charge is 0.319 e. The van der Waals surface area contributed by atoms with Crippen molar-refractivity contribution in [1.29, 1.82) is 0 Å². The summed E-state index contributed by atoms with van der Waals surface area (Å²) in [6, 6.07) is 13.4. The van der Waals surface area contributed by atoms with E-state index >= 15 is 0 Å². The van der Waals surface area contributed by atoms with E-state index in [-0.39, 0.29) is 17.3 Å². The average Bonchev–Trinajstić information content (AvgIpc) is 3.40. The van der Waals surface area contributed by atoms with Crippen LogP contribution in [0.2, 0.25) is 0 Å². The van der Waals surface area contributed by atoms with Crippen LogP contribution in [0.5, 0.6) is 0 Å². The third kappa shape index (κ3) is 4.03. The van der Waals surface area contributed by atoms with Gasteiger partial charge >= 0.3 is 0 Å². The lowest BCUT2D eigenvalue weighted by atomic mass is 10.1. The number of H-pyrrole nitrogens is 1. The fraction of sp³-hybridized carbons (Fsp3) is 0.0870. The number of hydrogen-bond donors (Lipinski definition) is 2. The lowest BCUT2D eigenvalue weighted by molar-refractivity contribution is 0.102. The molecule has 0 saturated carbocycles. The van der Waals surface area contributed by atoms with Gasteiger partial charge in [-0.3, -0.25) is 9.59 Å². The first-order valence-corrected chi connectivity index (χ1v) is 10.8. The molecule has 0 spiro atoms. The number of aromatic nitrogens is 5. The molecule has 5 aromatic rings. The van der Waals surface area contributed by atoms with Crippen LogP contribution in [-0.4, -0.2) is 30.6 Å². The minimum absolute atomic E-state index is 0.290. The highest BCUT2D eigenvalue weighted by Crippen LogP contribution is 2.26. The number of halogens is 1. The number of aromatic amines is 1. The Balaban J connectivity index is 1.43. The van der Waals surface area contributed by atoms with Crippen molar-refractivity contribution in [3.63, 3.8) is 0 Å². The normalized spacial score (nSPS) is 11.1. The minimum Gasteiger partial charge on any atom is -0.319 e. The Labute approximate surface area is 190 Å². The van der Waals surface area contributed by atoms with Crippen molar-refractivity contribution in [2.24, 2.45) is 0 Å². The maximum atomic E-state index is 13.2. The summed E-state index contributed by atoms with van der Waals surface area (Å²) in [5.74, 6) is -0.595. The highest BCUT2D eigenvalue weighted by atomic mass is 32.1. The van der Waals surface area contributed by atoms with Gasteiger partial charge in [0.25, 0.3) is 11.5 Å². The van der Waals surface area contributed by atoms with Crippen molar-refractivity contribution in [3.05, 3.63) is 98.4 Å². The van der Waals surface area contributed by atoms with Gasteiger partial charge in [0.1, 0.15) is 16.1 Å². The summed E-state index contributed by atoms with van der Waals surface area (Å²) in [5, 5.41) is 8.33. The summed E-state index contributed by atoms with van der Waals surface area (Å²) >= 11 is 1.30. The number of hydrogen-bond acceptors (Lipinski definition) is 6. The van der Waals surface area contributed by atoms with E-state index in [1.54, 1.807) is 37.3 Å². The lowest BCUT2D eigenvalue weighted by Crippen LogP contribution is -2.14. The minimum atomic E-state index is -0.301. The number of amides is 1. The fourth-order valence-corrected chi connectivity index (χ4v) is 4.49. The molecule has 0 aliphatic carbocycles. The smallest absolute Gasteiger partial charge is 0.267 e. The molecule has 2 N–H and O–H groups in total. The van der Waals surface area contributed by atoms with Gasteiger partial charge < -0.3 is 10.3 Å². The number of para-hydroxylation sites is 2. The second-order valence-electron chi connectivity index (χ2n) is 7.32. The Hall–Kier alpha value is -4.18. The van der Waals surface area contributed by atoms with E-state index in [0.29, 0.717) is 39.4 Å². The summed E-state index contributed by atoms with van der Waals surface area (Å²) < 4.78 is 14.7. The Morgan fingerprint density at radius 3 is 2.79 bits per heavy atom. The molecule has 3 heterocycles. The van der Waals surface area contributed by atoms with Crippen LogP contribution < -0.4 is 10.9 Å². The topological polar surface area (TPSA) is 106 Å². The number of aryl methyl sites for hydroxylation is 1. The van der Waals surface area contributed by atoms with Crippen LogP contribution >= 0.6 is 11.3 Å². The summed E-state index contributed by atoms with van der Waals surface area (Å²) in [5.41, 5.74) is 2.72. The van der Waals surface area contributed by atoms with Crippen molar-refractivity contribution in [2.75, 3.05) is 5.32 Å². The van der Waals surface area contributed by atoms with Crippen LogP contribution in [0.25, 0.3) is 16.7 Å². The maximum absolute atomic E-state index is 13.2. The Bertz CT molecular complexity index is 1540. The second kappa shape index (κ2) is 8.40. The number of fused-ring (bicyclic) bond motifs is 1. The van der Waals surface area contributed by atoms with Crippen molar-refractivity contribution in [2.45, 2.75) is 13.3 Å². The first-order valence-electron chi connectivity index (χ1n) is 10.0. The number of benzene rings is 2. The van der Waals surface area contributed by atoms with E-state index in [1.165, 1.54) is 40.7 Å². The van der Waals surface area contributed by atoms with Crippen LogP contribution in [0.15, 0.2) is 65.8 Å². The van der Waals surface area contributed by atoms with Gasteiger partial charge in [0.05, 0.1) is 34.6 Å². The molecule has 0 saturated heterocycles. The van der Waals surface area contributed by atoms with Crippen LogP contribution in [0.3, 0.4) is 0 Å². The summed E-state index contributed by atoms with van der Waals surface area (Å²) in [4.78, 5) is 36.9. The quantitative estimate of drug-likeness (QED) is 0.414. The number of nitrogens with one attached hydrogen (secondary N) is 2. The molecule has 10 heteroatoms. The molecule has 0 radical (unpaired) electrons. The molecule has 0 fully saturated rings. The second-order valence-corrected chi connectivity index (χ2v) is 8.41. The van der Waals surface area contributed by atoms with Gasteiger partial charge in [-0.2, -0.15) is 5.10 Å². The molecule has 5 rings (SSSR count). The Kier molecular flexibility index (Phi) is 5.27. The summed E-state index contributed by atoms with van der Waals surface area (Å²) in [7, 11) is 0. The molecule has 0 aliphatic rings. The zero-order valence-corrected chi connectivity index (χ0v) is 18.2. The molecule has 3 aromatic heterocycles. The predicted octanol–water partition coefficient (Wildman–Crippen LogP) is 3.86. The Morgan fingerprint density at radius 2 is 1.97 bits per heavy atom. The zero-order valence-electron chi connectivity index (χ0n) is 17.4. The van der Waals surface area contributed by atoms with Crippen LogP contribution in [0.4, 0.5) is 10.1 Å². The molecule has 8 nitrogen and oxygen atoms in total. The van der Waals surface area contributed by atoms with Gasteiger partial charge in [0.15, 0.2) is 5.65 Å². The third-order valence-corrected chi connectivity index (χ3v) is 6.22. The first-order chi connectivity index (χ1) is 16.0. The van der Waals surface area contributed by atoms with E-state index in [4.69, 9.17) is 0 Å². The number of nitrogens with zero attached hydrogens (tertiary/aromatic N) is 4. The number of rotatable bonds is 5. The Morgan fingerprint density at radius 1 is 1.18 bits per heavy atom. The SMILES string of the molecule is Cc1nc(Cc2ccc(F)cc2)sc1C(=O)Nc1ccccc1-n1ncc2c(=O)[nH]cnc21. The highest BCUT2D eigenvalue weighted by molar-refractivity contribution is 7.14. The monoisotopic (exact) mass is 460 g/mol. The van der Waals surface area contributed by atoms with E-state index in [1.807, 2.05) is 6.07 Å². The van der Waals surface area contributed by atoms with Gasteiger partial charge in [0.2, 0.25) is 0 Å². The third-order valence-electron chi connectivity index (χ3n) is 5.07. The maximum Gasteiger partial charge on any atom is 0.267 e. The van der Waals surface area contributed by atoms with E-state index in [0.717, 1.165) is 10.6 Å². The van der Waals surface area contributed by atoms with Gasteiger partial charge in [-0.1, -0.05) is 24.3 Å². The van der Waals surface area contributed by atoms with E-state index < -0.39 is 0 Å². The van der Waals surface area contributed by atoms with Crippen molar-refractivity contribution < 1.29 is 9.18 Å². The van der Waals surface area contributed by atoms with Gasteiger partial charge in [-0.15, -0.1) is 11.3 Å². The number of anilines is 1. The van der Waals surface area contributed by atoms with Crippen molar-refractivity contribution >= 4 is 34.0 Å². The highest BCUT2D eigenvalue weighted by Gasteiger charge is 2.18. The van der Waals surface area contributed by atoms with Crippen LogP contribution in [-0.2, 0) is 6.42 Å². The average molecular weight is 460 g/mol. The van der Waals surface area contributed by atoms with Gasteiger partial charge in [-0.05, 0) is 36.8 Å². The van der Waals surface area contributed by atoms with Crippen LogP contribution in [0.1, 0.15) is 25.9 Å². The summed E-state index contributed by atoms with van der Waals surface area (Å²) in [6.45, 7) is 1.78. The molecule has 0 atom stereocenters. The molecule has 164 valence electrons. The van der Waals surface area contributed by atoms with Gasteiger partial charge in [-0.25, -0.2) is 19.0 Å². The van der Waals surface area contributed by atoms with E-state index in [9.17, 15) is 14.0 Å². The molecule has 33 heavy (non-hydrogen) atoms. The molecular weight excluding hydrogens is 443 g/mol. The summed E-state index contributed by atoms with van der Waals surface area (Å²) in [6.07, 6.45) is 3.26. The number of carbonyl (C=O) groups is 1. The van der Waals surface area contributed by atoms with Crippen molar-refractivity contribution in [3.8, 4) is 5.69 Å². The zero-order chi connectivity index (χ0) is 22.9. The van der Waals surface area contributed by atoms with Crippen molar-refractivity contribution in [1.82, 2.24) is 24.7 Å². The molecule has 0 aliphatic heterocycles. The van der Waals surface area contributed by atoms with Gasteiger partial charge in [0, 0.05) is 6.42 Å². The molecule has 0 unspecified atom stereocenters. The number of thiazole rings is 1. The molecular formula is C23H17FN6O2S. The molecule has 1 amide bonds. The first kappa shape index (κ1) is 20.7. The molecule has 2 aromatic carbocycles. The van der Waals surface area contributed by atoms with E-state index in [2.05, 4.69) is 25.4 Å². The predicted molar refractivity (Wildman–Crippen MR) is 123 cm³/mol. The van der Waals surface area contributed by atoms with Crippen LogP contribution in [0, 0.1) is 12.7 Å². The molecule has 0 bridgehead atoms. The number of carbonyl (C=O) groups excluding carboxylic acids is 1. The lowest BCUT2D eigenvalue weighted by Gasteiger charge is -2.11. The standard InChI is InChI=1S/C23H17FN6O2S/c1-13-20(33-19(28-13)10-14-6-8-15(24)9-7-14)23(32)29-17-4-2-3-5-18(17)30-21-16(11-27-30)22(31)26-12-25-21/h2-9,11-12H,10H2,1H3,(H,29,32)(H,25,26,31). The fourth-order valence-electron chi connectivity index (χ4n) is 3.49.